The van der Waals surface area contributed by atoms with E-state index in [0.717, 1.165) is 29.6 Å². The zero-order valence-corrected chi connectivity index (χ0v) is 23.2. The molecule has 0 aliphatic carbocycles. The van der Waals surface area contributed by atoms with E-state index in [1.807, 2.05) is 39.2 Å². The van der Waals surface area contributed by atoms with E-state index in [0.29, 0.717) is 40.0 Å². The van der Waals surface area contributed by atoms with Crippen molar-refractivity contribution < 1.29 is 19.1 Å². The van der Waals surface area contributed by atoms with Gasteiger partial charge in [-0.2, -0.15) is 9.97 Å². The third-order valence-corrected chi connectivity index (χ3v) is 6.64. The van der Waals surface area contributed by atoms with Crippen LogP contribution >= 0.6 is 0 Å². The Morgan fingerprint density at radius 3 is 2.42 bits per heavy atom. The number of aromatic nitrogens is 3. The number of carbonyl (C=O) groups is 2. The lowest BCUT2D eigenvalue weighted by atomic mass is 10.0. The van der Waals surface area contributed by atoms with E-state index in [4.69, 9.17) is 9.47 Å². The number of nitrogens with one attached hydrogen (secondary N) is 4. The summed E-state index contributed by atoms with van der Waals surface area (Å²) in [4.78, 5) is 39.4. The molecule has 11 nitrogen and oxygen atoms in total. The minimum atomic E-state index is -0.149. The topological polar surface area (TPSA) is 134 Å². The van der Waals surface area contributed by atoms with E-state index in [2.05, 4.69) is 35.8 Å². The van der Waals surface area contributed by atoms with Gasteiger partial charge in [0, 0.05) is 43.0 Å². The second kappa shape index (κ2) is 11.2. The molecule has 11 heteroatoms. The first-order chi connectivity index (χ1) is 19.2. The number of carbonyl (C=O) groups excluding carboxylic acids is 2. The Balaban J connectivity index is 1.44. The van der Waals surface area contributed by atoms with Gasteiger partial charge in [0.2, 0.25) is 11.8 Å². The number of anilines is 2. The third kappa shape index (κ3) is 5.55. The molecule has 208 valence electrons. The summed E-state index contributed by atoms with van der Waals surface area (Å²) in [6, 6.07) is 12.7. The van der Waals surface area contributed by atoms with Gasteiger partial charge in [-0.25, -0.2) is 0 Å². The quantitative estimate of drug-likeness (QED) is 0.252. The predicted molar refractivity (Wildman–Crippen MR) is 154 cm³/mol. The lowest BCUT2D eigenvalue weighted by Gasteiger charge is -2.36. The number of H-pyrrole nitrogens is 1. The maximum absolute atomic E-state index is 12.7. The molecule has 40 heavy (non-hydrogen) atoms. The molecule has 0 saturated carbocycles. The molecule has 0 bridgehead atoms. The van der Waals surface area contributed by atoms with Crippen LogP contribution in [0.5, 0.6) is 11.6 Å². The number of likely N-dealkylation sites (tertiary alicyclic amines) is 1. The summed E-state index contributed by atoms with van der Waals surface area (Å²) in [6.45, 7) is 5.54. The molecular formula is C29H33N7O4. The summed E-state index contributed by atoms with van der Waals surface area (Å²) in [5.74, 6) is 0.907. The van der Waals surface area contributed by atoms with Crippen molar-refractivity contribution in [1.29, 1.82) is 0 Å². The number of nitrogens with zero attached hydrogens (tertiary/aromatic N) is 3. The van der Waals surface area contributed by atoms with Crippen LogP contribution in [0.2, 0.25) is 0 Å². The average Bonchev–Trinajstić information content (AvgIpc) is 3.36. The predicted octanol–water partition coefficient (Wildman–Crippen LogP) is 3.57. The van der Waals surface area contributed by atoms with Gasteiger partial charge in [0.1, 0.15) is 11.4 Å². The van der Waals surface area contributed by atoms with Gasteiger partial charge in [0.05, 0.1) is 30.3 Å². The molecule has 5 rings (SSSR count). The highest BCUT2D eigenvalue weighted by Gasteiger charge is 2.25. The lowest BCUT2D eigenvalue weighted by molar-refractivity contribution is 0.0857. The van der Waals surface area contributed by atoms with Gasteiger partial charge in [-0.3, -0.25) is 9.59 Å². The molecule has 0 atom stereocenters. The largest absolute Gasteiger partial charge is 0.495 e. The van der Waals surface area contributed by atoms with Gasteiger partial charge < -0.3 is 35.3 Å². The lowest BCUT2D eigenvalue weighted by Crippen LogP contribution is -2.57. The second-order valence-corrected chi connectivity index (χ2v) is 10.0. The van der Waals surface area contributed by atoms with Crippen LogP contribution in [0.15, 0.2) is 48.7 Å². The van der Waals surface area contributed by atoms with Crippen LogP contribution in [-0.2, 0) is 0 Å². The number of hydrogen-bond acceptors (Lipinski definition) is 8. The number of likely N-dealkylation sites (N-methyl/N-ethyl adjacent to an activating group) is 1. The summed E-state index contributed by atoms with van der Waals surface area (Å²) in [5, 5.41) is 9.60. The molecule has 1 fully saturated rings. The number of rotatable bonds is 9. The highest BCUT2D eigenvalue weighted by Crippen LogP contribution is 2.36. The van der Waals surface area contributed by atoms with E-state index in [-0.39, 0.29) is 24.0 Å². The van der Waals surface area contributed by atoms with Crippen LogP contribution in [0, 0.1) is 0 Å². The normalized spacial score (nSPS) is 13.7. The van der Waals surface area contributed by atoms with Crippen LogP contribution in [0.25, 0.3) is 22.2 Å². The molecule has 4 N–H and O–H groups in total. The van der Waals surface area contributed by atoms with Crippen molar-refractivity contribution in [1.82, 2.24) is 30.5 Å². The first-order valence-electron chi connectivity index (χ1n) is 13.1. The minimum absolute atomic E-state index is 0.132. The SMILES string of the molecule is CNC(=O)c1ccc(-c2c[nH]c3nc(Nc4ccc(C(=O)NC5CN(C)C5)cc4OC)nc(OC(C)C)c23)cc1. The summed E-state index contributed by atoms with van der Waals surface area (Å²) in [6.07, 6.45) is 1.71. The van der Waals surface area contributed by atoms with Crippen molar-refractivity contribution in [2.75, 3.05) is 39.6 Å². The Morgan fingerprint density at radius 2 is 1.77 bits per heavy atom. The summed E-state index contributed by atoms with van der Waals surface area (Å²) >= 11 is 0. The molecule has 0 radical (unpaired) electrons. The number of amides is 2. The van der Waals surface area contributed by atoms with Crippen LogP contribution in [0.4, 0.5) is 11.6 Å². The van der Waals surface area contributed by atoms with Crippen molar-refractivity contribution in [2.45, 2.75) is 26.0 Å². The van der Waals surface area contributed by atoms with Crippen molar-refractivity contribution in [3.05, 3.63) is 59.8 Å². The fourth-order valence-electron chi connectivity index (χ4n) is 4.65. The Hall–Kier alpha value is -4.64. The van der Waals surface area contributed by atoms with Gasteiger partial charge in [-0.1, -0.05) is 12.1 Å². The minimum Gasteiger partial charge on any atom is -0.495 e. The molecule has 0 unspecified atom stereocenters. The van der Waals surface area contributed by atoms with E-state index in [9.17, 15) is 9.59 Å². The number of methoxy groups -OCH3 is 1. The van der Waals surface area contributed by atoms with E-state index < -0.39 is 0 Å². The van der Waals surface area contributed by atoms with Gasteiger partial charge >= 0.3 is 0 Å². The van der Waals surface area contributed by atoms with Gasteiger partial charge in [0.15, 0.2) is 0 Å². The Bertz CT molecular complexity index is 1540. The number of fused-ring (bicyclic) bond motifs is 1. The fourth-order valence-corrected chi connectivity index (χ4v) is 4.65. The number of benzene rings is 2. The second-order valence-electron chi connectivity index (χ2n) is 10.0. The molecule has 0 spiro atoms. The summed E-state index contributed by atoms with van der Waals surface area (Å²) in [5.41, 5.74) is 4.01. The molecule has 2 amide bonds. The average molecular weight is 544 g/mol. The van der Waals surface area contributed by atoms with Gasteiger partial charge in [-0.15, -0.1) is 0 Å². The van der Waals surface area contributed by atoms with Crippen molar-refractivity contribution >= 4 is 34.5 Å². The summed E-state index contributed by atoms with van der Waals surface area (Å²) < 4.78 is 11.7. The fraction of sp³-hybridized carbons (Fsp3) is 0.310. The van der Waals surface area contributed by atoms with Crippen LogP contribution in [0.1, 0.15) is 34.6 Å². The monoisotopic (exact) mass is 543 g/mol. The van der Waals surface area contributed by atoms with Gasteiger partial charge in [0.25, 0.3) is 11.8 Å². The standard InChI is InChI=1S/C29H33N7O4/c1-16(2)40-28-24-21(17-6-8-18(9-7-17)26(37)30-3)13-31-25(24)34-29(35-28)33-22-11-10-19(12-23(22)39-5)27(38)32-20-14-36(4)15-20/h6-13,16,20H,14-15H2,1-5H3,(H,30,37)(H,32,38)(H2,31,33,34,35). The molecule has 4 aromatic rings. The van der Waals surface area contributed by atoms with Crippen LogP contribution in [-0.4, -0.2) is 78.1 Å². The molecule has 2 aromatic carbocycles. The number of hydrogen-bond donors (Lipinski definition) is 4. The Labute approximate surface area is 232 Å². The maximum atomic E-state index is 12.7. The molecule has 2 aromatic heterocycles. The van der Waals surface area contributed by atoms with Gasteiger partial charge in [-0.05, 0) is 56.8 Å². The highest BCUT2D eigenvalue weighted by atomic mass is 16.5. The molecule has 1 aliphatic rings. The zero-order chi connectivity index (χ0) is 28.4. The third-order valence-electron chi connectivity index (χ3n) is 6.64. The van der Waals surface area contributed by atoms with E-state index in [1.54, 1.807) is 44.5 Å². The van der Waals surface area contributed by atoms with Crippen molar-refractivity contribution in [3.63, 3.8) is 0 Å². The summed E-state index contributed by atoms with van der Waals surface area (Å²) in [7, 11) is 5.17. The number of ether oxygens (including phenoxy) is 2. The van der Waals surface area contributed by atoms with E-state index in [1.165, 1.54) is 0 Å². The van der Waals surface area contributed by atoms with E-state index >= 15 is 0 Å². The smallest absolute Gasteiger partial charge is 0.251 e. The van der Waals surface area contributed by atoms with Crippen LogP contribution in [0.3, 0.4) is 0 Å². The number of aromatic amines is 1. The molecule has 1 aliphatic heterocycles. The maximum Gasteiger partial charge on any atom is 0.251 e. The highest BCUT2D eigenvalue weighted by molar-refractivity contribution is 5.99. The molecular weight excluding hydrogens is 510 g/mol. The molecule has 1 saturated heterocycles. The van der Waals surface area contributed by atoms with Crippen LogP contribution < -0.4 is 25.4 Å². The Kier molecular flexibility index (Phi) is 7.56. The Morgan fingerprint density at radius 1 is 1.05 bits per heavy atom. The first kappa shape index (κ1) is 26.9. The van der Waals surface area contributed by atoms with Crippen molar-refractivity contribution in [3.8, 4) is 22.8 Å². The molecule has 3 heterocycles. The first-order valence-corrected chi connectivity index (χ1v) is 13.1. The van der Waals surface area contributed by atoms with Crippen molar-refractivity contribution in [2.24, 2.45) is 0 Å². The zero-order valence-electron chi connectivity index (χ0n) is 23.2.